The second kappa shape index (κ2) is 7.58. The molecule has 0 bridgehead atoms. The number of halogens is 1. The Kier molecular flexibility index (Phi) is 5.51. The SMILES string of the molecule is CCc1ccccc1NC(=O)/C(C#N)=C/c1cccc(Br)c1. The fourth-order valence-corrected chi connectivity index (χ4v) is 2.47. The molecule has 0 heterocycles. The van der Waals surface area contributed by atoms with Crippen LogP contribution in [-0.2, 0) is 11.2 Å². The predicted octanol–water partition coefficient (Wildman–Crippen LogP) is 4.56. The Morgan fingerprint density at radius 3 is 2.73 bits per heavy atom. The second-order valence-corrected chi connectivity index (χ2v) is 5.61. The molecule has 0 saturated heterocycles. The molecular weight excluding hydrogens is 340 g/mol. The third-order valence-corrected chi connectivity index (χ3v) is 3.66. The third kappa shape index (κ3) is 4.06. The average Bonchev–Trinajstić information content (AvgIpc) is 2.53. The quantitative estimate of drug-likeness (QED) is 0.646. The maximum Gasteiger partial charge on any atom is 0.266 e. The molecule has 110 valence electrons. The van der Waals surface area contributed by atoms with Crippen LogP contribution in [0.1, 0.15) is 18.1 Å². The molecular formula is C18H15BrN2O. The van der Waals surface area contributed by atoms with Crippen molar-refractivity contribution in [2.45, 2.75) is 13.3 Å². The first-order valence-electron chi connectivity index (χ1n) is 6.90. The Morgan fingerprint density at radius 1 is 1.27 bits per heavy atom. The van der Waals surface area contributed by atoms with Gasteiger partial charge in [-0.3, -0.25) is 4.79 Å². The molecule has 0 fully saturated rings. The number of benzene rings is 2. The van der Waals surface area contributed by atoms with Crippen molar-refractivity contribution in [1.82, 2.24) is 0 Å². The number of nitrogens with zero attached hydrogens (tertiary/aromatic N) is 1. The highest BCUT2D eigenvalue weighted by molar-refractivity contribution is 9.10. The summed E-state index contributed by atoms with van der Waals surface area (Å²) in [6.07, 6.45) is 2.39. The van der Waals surface area contributed by atoms with Gasteiger partial charge in [-0.15, -0.1) is 0 Å². The lowest BCUT2D eigenvalue weighted by Crippen LogP contribution is -2.14. The molecule has 0 saturated carbocycles. The number of carbonyl (C=O) groups is 1. The first kappa shape index (κ1) is 16.0. The highest BCUT2D eigenvalue weighted by atomic mass is 79.9. The Morgan fingerprint density at radius 2 is 2.05 bits per heavy atom. The van der Waals surface area contributed by atoms with Crippen molar-refractivity contribution < 1.29 is 4.79 Å². The van der Waals surface area contributed by atoms with E-state index in [1.54, 1.807) is 6.08 Å². The minimum absolute atomic E-state index is 0.0732. The molecule has 0 spiro atoms. The topological polar surface area (TPSA) is 52.9 Å². The van der Waals surface area contributed by atoms with Gasteiger partial charge in [-0.1, -0.05) is 53.2 Å². The maximum absolute atomic E-state index is 12.3. The van der Waals surface area contributed by atoms with E-state index >= 15 is 0 Å². The lowest BCUT2D eigenvalue weighted by molar-refractivity contribution is -0.112. The number of hydrogen-bond acceptors (Lipinski definition) is 2. The lowest BCUT2D eigenvalue weighted by Gasteiger charge is -2.09. The fraction of sp³-hybridized carbons (Fsp3) is 0.111. The summed E-state index contributed by atoms with van der Waals surface area (Å²) in [5.41, 5.74) is 2.65. The summed E-state index contributed by atoms with van der Waals surface area (Å²) in [5, 5.41) is 12.0. The van der Waals surface area contributed by atoms with Crippen LogP contribution in [0.2, 0.25) is 0 Å². The van der Waals surface area contributed by atoms with E-state index in [9.17, 15) is 10.1 Å². The van der Waals surface area contributed by atoms with Gasteiger partial charge in [0.1, 0.15) is 11.6 Å². The van der Waals surface area contributed by atoms with Crippen LogP contribution in [0, 0.1) is 11.3 Å². The zero-order valence-electron chi connectivity index (χ0n) is 12.1. The number of carbonyl (C=O) groups excluding carboxylic acids is 1. The molecule has 0 radical (unpaired) electrons. The van der Waals surface area contributed by atoms with Crippen molar-refractivity contribution in [3.8, 4) is 6.07 Å². The van der Waals surface area contributed by atoms with Crippen LogP contribution in [0.15, 0.2) is 58.6 Å². The Bertz CT molecular complexity index is 760. The van der Waals surface area contributed by atoms with Crippen molar-refractivity contribution in [1.29, 1.82) is 5.26 Å². The number of rotatable bonds is 4. The molecule has 4 heteroatoms. The molecule has 0 atom stereocenters. The summed E-state index contributed by atoms with van der Waals surface area (Å²) in [6.45, 7) is 2.02. The number of nitriles is 1. The largest absolute Gasteiger partial charge is 0.321 e. The van der Waals surface area contributed by atoms with Crippen LogP contribution in [0.25, 0.3) is 6.08 Å². The van der Waals surface area contributed by atoms with Crippen LogP contribution in [-0.4, -0.2) is 5.91 Å². The van der Waals surface area contributed by atoms with Gasteiger partial charge in [-0.05, 0) is 41.8 Å². The maximum atomic E-state index is 12.3. The smallest absolute Gasteiger partial charge is 0.266 e. The van der Waals surface area contributed by atoms with Crippen LogP contribution in [0.3, 0.4) is 0 Å². The van der Waals surface area contributed by atoms with Crippen LogP contribution >= 0.6 is 15.9 Å². The zero-order chi connectivity index (χ0) is 15.9. The number of aryl methyl sites for hydroxylation is 1. The van der Waals surface area contributed by atoms with Gasteiger partial charge in [0.15, 0.2) is 0 Å². The summed E-state index contributed by atoms with van der Waals surface area (Å²) in [5.74, 6) is -0.400. The molecule has 0 aliphatic rings. The molecule has 1 amide bonds. The van der Waals surface area contributed by atoms with E-state index in [0.29, 0.717) is 0 Å². The molecule has 2 rings (SSSR count). The number of amides is 1. The standard InChI is InChI=1S/C18H15BrN2O/c1-2-14-7-3-4-9-17(14)21-18(22)15(12-20)10-13-6-5-8-16(19)11-13/h3-11H,2H2,1H3,(H,21,22)/b15-10+. The first-order valence-corrected chi connectivity index (χ1v) is 7.70. The third-order valence-electron chi connectivity index (χ3n) is 3.17. The molecule has 0 aliphatic carbocycles. The molecule has 0 unspecified atom stereocenters. The summed E-state index contributed by atoms with van der Waals surface area (Å²) in [6, 6.07) is 17.0. The molecule has 2 aromatic rings. The van der Waals surface area contributed by atoms with E-state index in [1.807, 2.05) is 61.5 Å². The van der Waals surface area contributed by atoms with Gasteiger partial charge in [-0.2, -0.15) is 5.26 Å². The molecule has 3 nitrogen and oxygen atoms in total. The van der Waals surface area contributed by atoms with Crippen LogP contribution < -0.4 is 5.32 Å². The van der Waals surface area contributed by atoms with E-state index in [-0.39, 0.29) is 5.57 Å². The fourth-order valence-electron chi connectivity index (χ4n) is 2.05. The average molecular weight is 355 g/mol. The Balaban J connectivity index is 2.25. The van der Waals surface area contributed by atoms with Gasteiger partial charge in [-0.25, -0.2) is 0 Å². The van der Waals surface area contributed by atoms with Gasteiger partial charge in [0.05, 0.1) is 0 Å². The highest BCUT2D eigenvalue weighted by Gasteiger charge is 2.11. The summed E-state index contributed by atoms with van der Waals surface area (Å²) in [4.78, 5) is 12.3. The molecule has 22 heavy (non-hydrogen) atoms. The van der Waals surface area contributed by atoms with Crippen molar-refractivity contribution in [3.05, 3.63) is 69.7 Å². The Labute approximate surface area is 138 Å². The Hall–Kier alpha value is -2.38. The summed E-state index contributed by atoms with van der Waals surface area (Å²) in [7, 11) is 0. The van der Waals surface area contributed by atoms with Crippen molar-refractivity contribution >= 4 is 33.6 Å². The minimum Gasteiger partial charge on any atom is -0.321 e. The number of hydrogen-bond donors (Lipinski definition) is 1. The number of para-hydroxylation sites is 1. The van der Waals surface area contributed by atoms with E-state index in [2.05, 4.69) is 21.2 Å². The number of nitrogens with one attached hydrogen (secondary N) is 1. The van der Waals surface area contributed by atoms with Gasteiger partial charge in [0, 0.05) is 10.2 Å². The van der Waals surface area contributed by atoms with Crippen molar-refractivity contribution in [3.63, 3.8) is 0 Å². The van der Waals surface area contributed by atoms with Crippen molar-refractivity contribution in [2.75, 3.05) is 5.32 Å². The highest BCUT2D eigenvalue weighted by Crippen LogP contribution is 2.18. The van der Waals surface area contributed by atoms with E-state index in [1.165, 1.54) is 0 Å². The predicted molar refractivity (Wildman–Crippen MR) is 92.2 cm³/mol. The first-order chi connectivity index (χ1) is 10.6. The minimum atomic E-state index is -0.400. The van der Waals surface area contributed by atoms with Crippen LogP contribution in [0.5, 0.6) is 0 Å². The van der Waals surface area contributed by atoms with Crippen LogP contribution in [0.4, 0.5) is 5.69 Å². The van der Waals surface area contributed by atoms with Gasteiger partial charge < -0.3 is 5.32 Å². The van der Waals surface area contributed by atoms with Gasteiger partial charge >= 0.3 is 0 Å². The molecule has 1 N–H and O–H groups in total. The van der Waals surface area contributed by atoms with E-state index in [0.717, 1.165) is 27.7 Å². The zero-order valence-corrected chi connectivity index (χ0v) is 13.7. The monoisotopic (exact) mass is 354 g/mol. The lowest BCUT2D eigenvalue weighted by atomic mass is 10.1. The van der Waals surface area contributed by atoms with Gasteiger partial charge in [0.2, 0.25) is 0 Å². The molecule has 2 aromatic carbocycles. The molecule has 0 aliphatic heterocycles. The van der Waals surface area contributed by atoms with Crippen molar-refractivity contribution in [2.24, 2.45) is 0 Å². The summed E-state index contributed by atoms with van der Waals surface area (Å²) < 4.78 is 0.898. The molecule has 0 aromatic heterocycles. The number of anilines is 1. The summed E-state index contributed by atoms with van der Waals surface area (Å²) >= 11 is 3.37. The van der Waals surface area contributed by atoms with Gasteiger partial charge in [0.25, 0.3) is 5.91 Å². The van der Waals surface area contributed by atoms with E-state index in [4.69, 9.17) is 0 Å². The normalized spacial score (nSPS) is 10.9. The second-order valence-electron chi connectivity index (χ2n) is 4.69. The van der Waals surface area contributed by atoms with E-state index < -0.39 is 5.91 Å².